The van der Waals surface area contributed by atoms with Crippen LogP contribution in [0.1, 0.15) is 38.7 Å². The third kappa shape index (κ3) is 5.05. The van der Waals surface area contributed by atoms with Gasteiger partial charge in [-0.25, -0.2) is 0 Å². The third-order valence-corrected chi connectivity index (χ3v) is 4.45. The molecule has 2 aromatic rings. The van der Waals surface area contributed by atoms with Gasteiger partial charge in [0.05, 0.1) is 17.3 Å². The first-order valence-corrected chi connectivity index (χ1v) is 8.71. The molecule has 0 saturated heterocycles. The van der Waals surface area contributed by atoms with Gasteiger partial charge in [-0.15, -0.1) is 0 Å². The summed E-state index contributed by atoms with van der Waals surface area (Å²) in [6.45, 7) is 7.12. The molecule has 1 N–H and O–H groups in total. The highest BCUT2D eigenvalue weighted by molar-refractivity contribution is 6.36. The Morgan fingerprint density at radius 2 is 1.83 bits per heavy atom. The summed E-state index contributed by atoms with van der Waals surface area (Å²) in [4.78, 5) is 0. The minimum atomic E-state index is 0.0203. The van der Waals surface area contributed by atoms with Gasteiger partial charge in [-0.05, 0) is 49.1 Å². The molecule has 2 aromatic carbocycles. The quantitative estimate of drug-likeness (QED) is 0.624. The fourth-order valence-corrected chi connectivity index (χ4v) is 2.84. The highest BCUT2D eigenvalue weighted by Crippen LogP contribution is 2.29. The first-order chi connectivity index (χ1) is 11.0. The molecule has 0 aliphatic heterocycles. The molecule has 0 aliphatic rings. The van der Waals surface area contributed by atoms with Gasteiger partial charge < -0.3 is 10.1 Å². The molecular formula is C19H23Cl2NO. The molecule has 0 bridgehead atoms. The Morgan fingerprint density at radius 1 is 1.09 bits per heavy atom. The number of benzene rings is 2. The Hall–Kier alpha value is -1.38. The Bertz CT molecular complexity index is 645. The highest BCUT2D eigenvalue weighted by atomic mass is 35.5. The van der Waals surface area contributed by atoms with Crippen LogP contribution in [0.3, 0.4) is 0 Å². The Labute approximate surface area is 148 Å². The zero-order valence-corrected chi connectivity index (χ0v) is 15.3. The molecule has 0 aromatic heterocycles. The number of para-hydroxylation sites is 1. The predicted octanol–water partition coefficient (Wildman–Crippen LogP) is 6.39. The summed E-state index contributed by atoms with van der Waals surface area (Å²) in [5, 5.41) is 4.55. The standard InChI is InChI=1S/C19H23Cl2NO/c1-4-13(2)16-7-5-6-8-19(16)23-14(3)12-22-18-10-9-15(20)11-17(18)21/h5-11,13-14,22H,4,12H2,1-3H3. The van der Waals surface area contributed by atoms with Crippen molar-refractivity contribution < 1.29 is 4.74 Å². The van der Waals surface area contributed by atoms with E-state index in [1.165, 1.54) is 5.56 Å². The van der Waals surface area contributed by atoms with Crippen molar-refractivity contribution in [1.29, 1.82) is 0 Å². The van der Waals surface area contributed by atoms with E-state index in [0.29, 0.717) is 22.5 Å². The second kappa shape index (κ2) is 8.47. The summed E-state index contributed by atoms with van der Waals surface area (Å²) in [5.41, 5.74) is 2.12. The number of anilines is 1. The number of hydrogen-bond donors (Lipinski definition) is 1. The van der Waals surface area contributed by atoms with Gasteiger partial charge in [-0.3, -0.25) is 0 Å². The molecule has 2 atom stereocenters. The van der Waals surface area contributed by atoms with Crippen molar-refractivity contribution in [2.75, 3.05) is 11.9 Å². The van der Waals surface area contributed by atoms with Crippen LogP contribution in [0.5, 0.6) is 5.75 Å². The molecule has 0 saturated carbocycles. The molecule has 0 fully saturated rings. The molecule has 0 spiro atoms. The van der Waals surface area contributed by atoms with Crippen molar-refractivity contribution in [2.24, 2.45) is 0 Å². The SMILES string of the molecule is CCC(C)c1ccccc1OC(C)CNc1ccc(Cl)cc1Cl. The van der Waals surface area contributed by atoms with Gasteiger partial charge in [-0.2, -0.15) is 0 Å². The lowest BCUT2D eigenvalue weighted by molar-refractivity contribution is 0.231. The van der Waals surface area contributed by atoms with Crippen LogP contribution in [0.15, 0.2) is 42.5 Å². The van der Waals surface area contributed by atoms with Gasteiger partial charge in [0, 0.05) is 5.02 Å². The van der Waals surface area contributed by atoms with Crippen LogP contribution >= 0.6 is 23.2 Å². The zero-order chi connectivity index (χ0) is 16.8. The molecule has 0 amide bonds. The van der Waals surface area contributed by atoms with E-state index < -0.39 is 0 Å². The second-order valence-corrected chi connectivity index (χ2v) is 6.62. The van der Waals surface area contributed by atoms with E-state index in [-0.39, 0.29) is 6.10 Å². The molecule has 2 nitrogen and oxygen atoms in total. The van der Waals surface area contributed by atoms with Gasteiger partial charge >= 0.3 is 0 Å². The molecule has 124 valence electrons. The van der Waals surface area contributed by atoms with Crippen LogP contribution in [0.2, 0.25) is 10.0 Å². The molecule has 0 aliphatic carbocycles. The smallest absolute Gasteiger partial charge is 0.123 e. The molecule has 0 heterocycles. The number of hydrogen-bond acceptors (Lipinski definition) is 2. The number of ether oxygens (including phenoxy) is 1. The van der Waals surface area contributed by atoms with Crippen molar-refractivity contribution in [3.05, 3.63) is 58.1 Å². The molecule has 4 heteroatoms. The summed E-state index contributed by atoms with van der Waals surface area (Å²) >= 11 is 12.1. The van der Waals surface area contributed by atoms with Gasteiger partial charge in [0.15, 0.2) is 0 Å². The van der Waals surface area contributed by atoms with Crippen molar-refractivity contribution in [2.45, 2.75) is 39.2 Å². The highest BCUT2D eigenvalue weighted by Gasteiger charge is 2.12. The second-order valence-electron chi connectivity index (χ2n) is 5.78. The van der Waals surface area contributed by atoms with E-state index >= 15 is 0 Å². The van der Waals surface area contributed by atoms with E-state index in [9.17, 15) is 0 Å². The largest absolute Gasteiger partial charge is 0.489 e. The summed E-state index contributed by atoms with van der Waals surface area (Å²) < 4.78 is 6.12. The normalized spacial score (nSPS) is 13.4. The first kappa shape index (κ1) is 18.0. The minimum Gasteiger partial charge on any atom is -0.489 e. The lowest BCUT2D eigenvalue weighted by atomic mass is 9.98. The van der Waals surface area contributed by atoms with Crippen LogP contribution in [0, 0.1) is 0 Å². The number of halogens is 2. The van der Waals surface area contributed by atoms with Crippen molar-refractivity contribution in [3.8, 4) is 5.75 Å². The molecule has 0 radical (unpaired) electrons. The molecule has 2 unspecified atom stereocenters. The van der Waals surface area contributed by atoms with E-state index in [0.717, 1.165) is 17.9 Å². The predicted molar refractivity (Wildman–Crippen MR) is 100 cm³/mol. The number of nitrogens with one attached hydrogen (secondary N) is 1. The van der Waals surface area contributed by atoms with Crippen LogP contribution in [0.4, 0.5) is 5.69 Å². The van der Waals surface area contributed by atoms with E-state index in [1.807, 2.05) is 31.2 Å². The number of rotatable bonds is 7. The van der Waals surface area contributed by atoms with E-state index in [2.05, 4.69) is 31.3 Å². The van der Waals surface area contributed by atoms with Crippen LogP contribution in [-0.2, 0) is 0 Å². The lowest BCUT2D eigenvalue weighted by Gasteiger charge is -2.21. The minimum absolute atomic E-state index is 0.0203. The molecular weight excluding hydrogens is 329 g/mol. The Balaban J connectivity index is 1.98. The fourth-order valence-electron chi connectivity index (χ4n) is 2.36. The van der Waals surface area contributed by atoms with Crippen LogP contribution in [0.25, 0.3) is 0 Å². The maximum Gasteiger partial charge on any atom is 0.123 e. The average molecular weight is 352 g/mol. The monoisotopic (exact) mass is 351 g/mol. The average Bonchev–Trinajstić information content (AvgIpc) is 2.54. The van der Waals surface area contributed by atoms with Crippen molar-refractivity contribution in [3.63, 3.8) is 0 Å². The zero-order valence-electron chi connectivity index (χ0n) is 13.8. The fraction of sp³-hybridized carbons (Fsp3) is 0.368. The van der Waals surface area contributed by atoms with Gasteiger partial charge in [-0.1, -0.05) is 55.2 Å². The lowest BCUT2D eigenvalue weighted by Crippen LogP contribution is -2.23. The molecule has 2 rings (SSSR count). The Kier molecular flexibility index (Phi) is 6.61. The van der Waals surface area contributed by atoms with Gasteiger partial charge in [0.1, 0.15) is 11.9 Å². The van der Waals surface area contributed by atoms with Gasteiger partial charge in [0.2, 0.25) is 0 Å². The maximum absolute atomic E-state index is 6.17. The summed E-state index contributed by atoms with van der Waals surface area (Å²) in [6, 6.07) is 13.7. The third-order valence-electron chi connectivity index (χ3n) is 3.90. The molecule has 23 heavy (non-hydrogen) atoms. The van der Waals surface area contributed by atoms with Gasteiger partial charge in [0.25, 0.3) is 0 Å². The Morgan fingerprint density at radius 3 is 2.52 bits per heavy atom. The van der Waals surface area contributed by atoms with Crippen LogP contribution < -0.4 is 10.1 Å². The summed E-state index contributed by atoms with van der Waals surface area (Å²) in [7, 11) is 0. The topological polar surface area (TPSA) is 21.3 Å². The first-order valence-electron chi connectivity index (χ1n) is 7.95. The summed E-state index contributed by atoms with van der Waals surface area (Å²) in [6.07, 6.45) is 1.11. The summed E-state index contributed by atoms with van der Waals surface area (Å²) in [5.74, 6) is 1.44. The van der Waals surface area contributed by atoms with Crippen molar-refractivity contribution >= 4 is 28.9 Å². The van der Waals surface area contributed by atoms with Crippen LogP contribution in [-0.4, -0.2) is 12.6 Å². The van der Waals surface area contributed by atoms with E-state index in [4.69, 9.17) is 27.9 Å². The van der Waals surface area contributed by atoms with E-state index in [1.54, 1.807) is 6.07 Å². The van der Waals surface area contributed by atoms with Crippen molar-refractivity contribution in [1.82, 2.24) is 0 Å². The maximum atomic E-state index is 6.17.